The Balaban J connectivity index is 2.92. The van der Waals surface area contributed by atoms with E-state index in [-0.39, 0.29) is 0 Å². The Morgan fingerprint density at radius 2 is 2.08 bits per heavy atom. The zero-order valence-electron chi connectivity index (χ0n) is 7.62. The average molecular weight is 165 g/mol. The number of rotatable bonds is 3. The van der Waals surface area contributed by atoms with Crippen LogP contribution in [0, 0.1) is 0 Å². The molecule has 0 atom stereocenters. The van der Waals surface area contributed by atoms with Crippen molar-refractivity contribution in [2.24, 2.45) is 0 Å². The number of hydrogen-bond donors (Lipinski definition) is 1. The Kier molecular flexibility index (Phi) is 2.91. The van der Waals surface area contributed by atoms with Gasteiger partial charge in [0, 0.05) is 19.3 Å². The largest absolute Gasteiger partial charge is 0.397 e. The first kappa shape index (κ1) is 8.84. The summed E-state index contributed by atoms with van der Waals surface area (Å²) >= 11 is 0. The van der Waals surface area contributed by atoms with Gasteiger partial charge in [0.25, 0.3) is 0 Å². The Hall–Kier alpha value is -1.25. The molecule has 0 bridgehead atoms. The van der Waals surface area contributed by atoms with Gasteiger partial charge in [0.1, 0.15) is 0 Å². The highest BCUT2D eigenvalue weighted by Crippen LogP contribution is 2.19. The number of anilines is 2. The van der Waals surface area contributed by atoms with Crippen LogP contribution < -0.4 is 10.6 Å². The van der Waals surface area contributed by atoms with Crippen molar-refractivity contribution in [2.75, 3.05) is 23.7 Å². The summed E-state index contributed by atoms with van der Waals surface area (Å²) in [6.07, 6.45) is 3.52. The molecule has 0 aliphatic heterocycles. The summed E-state index contributed by atoms with van der Waals surface area (Å²) in [5.41, 5.74) is 7.62. The third-order valence-electron chi connectivity index (χ3n) is 1.94. The van der Waals surface area contributed by atoms with E-state index in [0.29, 0.717) is 0 Å². The van der Waals surface area contributed by atoms with Gasteiger partial charge in [-0.2, -0.15) is 0 Å². The Morgan fingerprint density at radius 3 is 2.58 bits per heavy atom. The number of nitrogens with two attached hydrogens (primary N) is 1. The Bertz CT molecular complexity index is 243. The second kappa shape index (κ2) is 3.95. The zero-order valence-corrected chi connectivity index (χ0v) is 7.62. The van der Waals surface area contributed by atoms with Crippen molar-refractivity contribution in [2.45, 2.75) is 13.8 Å². The molecule has 1 rings (SSSR count). The van der Waals surface area contributed by atoms with Crippen LogP contribution in [-0.2, 0) is 0 Å². The van der Waals surface area contributed by atoms with E-state index in [2.05, 4.69) is 23.7 Å². The molecular weight excluding hydrogens is 150 g/mol. The molecule has 1 aromatic heterocycles. The molecule has 0 radical (unpaired) electrons. The third-order valence-corrected chi connectivity index (χ3v) is 1.94. The molecule has 0 spiro atoms. The first-order chi connectivity index (χ1) is 5.79. The lowest BCUT2D eigenvalue weighted by atomic mass is 10.3. The number of pyridine rings is 1. The van der Waals surface area contributed by atoms with Crippen molar-refractivity contribution >= 4 is 11.4 Å². The minimum atomic E-state index is 0.800. The summed E-state index contributed by atoms with van der Waals surface area (Å²) in [4.78, 5) is 6.22. The lowest BCUT2D eigenvalue weighted by Gasteiger charge is -2.21. The van der Waals surface area contributed by atoms with Gasteiger partial charge in [-0.25, -0.2) is 0 Å². The smallest absolute Gasteiger partial charge is 0.0786 e. The van der Waals surface area contributed by atoms with E-state index in [0.717, 1.165) is 24.5 Å². The molecule has 0 aromatic carbocycles. The van der Waals surface area contributed by atoms with Crippen LogP contribution in [0.1, 0.15) is 13.8 Å². The lowest BCUT2D eigenvalue weighted by Crippen LogP contribution is -2.22. The van der Waals surface area contributed by atoms with Crippen LogP contribution in [0.3, 0.4) is 0 Å². The molecule has 0 unspecified atom stereocenters. The molecule has 66 valence electrons. The van der Waals surface area contributed by atoms with Gasteiger partial charge in [0.05, 0.1) is 17.6 Å². The third kappa shape index (κ3) is 1.67. The van der Waals surface area contributed by atoms with Crippen molar-refractivity contribution < 1.29 is 0 Å². The molecule has 0 fully saturated rings. The molecule has 12 heavy (non-hydrogen) atoms. The maximum atomic E-state index is 5.79. The topological polar surface area (TPSA) is 42.2 Å². The fourth-order valence-electron chi connectivity index (χ4n) is 1.23. The summed E-state index contributed by atoms with van der Waals surface area (Å²) in [5, 5.41) is 0. The van der Waals surface area contributed by atoms with E-state index in [1.807, 2.05) is 12.3 Å². The van der Waals surface area contributed by atoms with Crippen LogP contribution in [0.4, 0.5) is 11.4 Å². The molecule has 1 aromatic rings. The van der Waals surface area contributed by atoms with Crippen LogP contribution in [0.2, 0.25) is 0 Å². The minimum absolute atomic E-state index is 0.800. The van der Waals surface area contributed by atoms with E-state index in [1.165, 1.54) is 0 Å². The molecule has 0 aliphatic rings. The molecule has 2 N–H and O–H groups in total. The zero-order chi connectivity index (χ0) is 8.97. The normalized spacial score (nSPS) is 9.83. The van der Waals surface area contributed by atoms with Crippen LogP contribution in [-0.4, -0.2) is 18.1 Å². The van der Waals surface area contributed by atoms with Crippen molar-refractivity contribution in [3.63, 3.8) is 0 Å². The van der Waals surface area contributed by atoms with Gasteiger partial charge in [-0.15, -0.1) is 0 Å². The summed E-state index contributed by atoms with van der Waals surface area (Å²) in [7, 11) is 0. The SMILES string of the molecule is CCN(CC)c1cnccc1N. The molecule has 0 aliphatic carbocycles. The molecule has 3 heteroatoms. The Morgan fingerprint density at radius 1 is 1.42 bits per heavy atom. The van der Waals surface area contributed by atoms with E-state index in [1.54, 1.807) is 6.20 Å². The van der Waals surface area contributed by atoms with E-state index >= 15 is 0 Å². The molecule has 1 heterocycles. The summed E-state index contributed by atoms with van der Waals surface area (Å²) in [6.45, 7) is 6.14. The van der Waals surface area contributed by atoms with Gasteiger partial charge >= 0.3 is 0 Å². The number of hydrogen-bond acceptors (Lipinski definition) is 3. The fourth-order valence-corrected chi connectivity index (χ4v) is 1.23. The highest BCUT2D eigenvalue weighted by Gasteiger charge is 2.04. The molecule has 3 nitrogen and oxygen atoms in total. The first-order valence-electron chi connectivity index (χ1n) is 4.24. The molecule has 0 saturated carbocycles. The maximum Gasteiger partial charge on any atom is 0.0786 e. The Labute approximate surface area is 73.2 Å². The van der Waals surface area contributed by atoms with Crippen LogP contribution in [0.15, 0.2) is 18.5 Å². The highest BCUT2D eigenvalue weighted by molar-refractivity contribution is 5.65. The van der Waals surface area contributed by atoms with Gasteiger partial charge in [0.15, 0.2) is 0 Å². The van der Waals surface area contributed by atoms with Gasteiger partial charge in [-0.1, -0.05) is 0 Å². The molecule has 0 amide bonds. The van der Waals surface area contributed by atoms with Crippen molar-refractivity contribution in [1.82, 2.24) is 4.98 Å². The van der Waals surface area contributed by atoms with Gasteiger partial charge in [-0.05, 0) is 19.9 Å². The fraction of sp³-hybridized carbons (Fsp3) is 0.444. The van der Waals surface area contributed by atoms with E-state index in [4.69, 9.17) is 5.73 Å². The first-order valence-corrected chi connectivity index (χ1v) is 4.24. The minimum Gasteiger partial charge on any atom is -0.397 e. The van der Waals surface area contributed by atoms with Crippen LogP contribution in [0.5, 0.6) is 0 Å². The standard InChI is InChI=1S/C9H15N3/c1-3-12(4-2)9-7-11-6-5-8(9)10/h5-7H,3-4H2,1-2H3,(H2,10,11). The van der Waals surface area contributed by atoms with Gasteiger partial charge in [0.2, 0.25) is 0 Å². The van der Waals surface area contributed by atoms with Crippen molar-refractivity contribution in [3.05, 3.63) is 18.5 Å². The number of nitrogen functional groups attached to an aromatic ring is 1. The van der Waals surface area contributed by atoms with Gasteiger partial charge < -0.3 is 10.6 Å². The van der Waals surface area contributed by atoms with E-state index < -0.39 is 0 Å². The second-order valence-electron chi connectivity index (χ2n) is 2.61. The highest BCUT2D eigenvalue weighted by atomic mass is 15.1. The van der Waals surface area contributed by atoms with E-state index in [9.17, 15) is 0 Å². The summed E-state index contributed by atoms with van der Waals surface area (Å²) in [5.74, 6) is 0. The predicted molar refractivity (Wildman–Crippen MR) is 52.2 cm³/mol. The quantitative estimate of drug-likeness (QED) is 0.738. The average Bonchev–Trinajstić information content (AvgIpc) is 2.10. The van der Waals surface area contributed by atoms with Crippen LogP contribution >= 0.6 is 0 Å². The molecule has 0 saturated heterocycles. The molecular formula is C9H15N3. The summed E-state index contributed by atoms with van der Waals surface area (Å²) in [6, 6.07) is 1.83. The van der Waals surface area contributed by atoms with Gasteiger partial charge in [-0.3, -0.25) is 4.98 Å². The summed E-state index contributed by atoms with van der Waals surface area (Å²) < 4.78 is 0. The number of aromatic nitrogens is 1. The van der Waals surface area contributed by atoms with Crippen LogP contribution in [0.25, 0.3) is 0 Å². The van der Waals surface area contributed by atoms with Crippen molar-refractivity contribution in [1.29, 1.82) is 0 Å². The van der Waals surface area contributed by atoms with Crippen molar-refractivity contribution in [3.8, 4) is 0 Å². The maximum absolute atomic E-state index is 5.79. The lowest BCUT2D eigenvalue weighted by molar-refractivity contribution is 0.864. The second-order valence-corrected chi connectivity index (χ2v) is 2.61. The monoisotopic (exact) mass is 165 g/mol. The number of nitrogens with zero attached hydrogens (tertiary/aromatic N) is 2. The predicted octanol–water partition coefficient (Wildman–Crippen LogP) is 1.51.